The van der Waals surface area contributed by atoms with Crippen molar-refractivity contribution in [3.63, 3.8) is 0 Å². The Morgan fingerprint density at radius 3 is 2.48 bits per heavy atom. The molecule has 1 aliphatic rings. The SMILES string of the molecule is C[C@@H]1[C@H](Cc2ccccc2C(=O)O)N1C(=O)OC(C)(C)C. The summed E-state index contributed by atoms with van der Waals surface area (Å²) in [4.78, 5) is 24.9. The Morgan fingerprint density at radius 1 is 1.29 bits per heavy atom. The number of nitrogens with zero attached hydrogens (tertiary/aromatic N) is 1. The lowest BCUT2D eigenvalue weighted by Gasteiger charge is -2.20. The normalized spacial score (nSPS) is 21.0. The summed E-state index contributed by atoms with van der Waals surface area (Å²) in [6, 6.07) is 6.97. The van der Waals surface area contributed by atoms with Crippen molar-refractivity contribution in [3.05, 3.63) is 35.4 Å². The summed E-state index contributed by atoms with van der Waals surface area (Å²) in [6.45, 7) is 7.42. The smallest absolute Gasteiger partial charge is 0.410 e. The van der Waals surface area contributed by atoms with Gasteiger partial charge in [0, 0.05) is 0 Å². The second-order valence-corrected chi connectivity index (χ2v) is 6.36. The van der Waals surface area contributed by atoms with Gasteiger partial charge in [-0.05, 0) is 45.7 Å². The molecule has 0 spiro atoms. The second-order valence-electron chi connectivity index (χ2n) is 6.36. The molecule has 1 fully saturated rings. The molecule has 1 N–H and O–H groups in total. The molecule has 5 heteroatoms. The molecule has 0 aliphatic carbocycles. The second kappa shape index (κ2) is 5.39. The molecule has 1 heterocycles. The van der Waals surface area contributed by atoms with Crippen LogP contribution in [-0.4, -0.2) is 39.8 Å². The summed E-state index contributed by atoms with van der Waals surface area (Å²) in [5, 5.41) is 9.19. The van der Waals surface area contributed by atoms with Crippen LogP contribution in [0.4, 0.5) is 4.79 Å². The number of aromatic carboxylic acids is 1. The Bertz CT molecular complexity index is 562. The lowest BCUT2D eigenvalue weighted by atomic mass is 10.0. The van der Waals surface area contributed by atoms with Crippen molar-refractivity contribution in [3.8, 4) is 0 Å². The van der Waals surface area contributed by atoms with E-state index >= 15 is 0 Å². The van der Waals surface area contributed by atoms with E-state index in [1.54, 1.807) is 23.1 Å². The van der Waals surface area contributed by atoms with Crippen LogP contribution in [0.15, 0.2) is 24.3 Å². The van der Waals surface area contributed by atoms with Crippen molar-refractivity contribution in [1.82, 2.24) is 4.90 Å². The third kappa shape index (κ3) is 3.54. The number of amides is 1. The monoisotopic (exact) mass is 291 g/mol. The van der Waals surface area contributed by atoms with Gasteiger partial charge in [-0.25, -0.2) is 9.59 Å². The topological polar surface area (TPSA) is 66.6 Å². The van der Waals surface area contributed by atoms with Crippen molar-refractivity contribution in [1.29, 1.82) is 0 Å². The van der Waals surface area contributed by atoms with Crippen molar-refractivity contribution in [2.75, 3.05) is 0 Å². The van der Waals surface area contributed by atoms with Gasteiger partial charge in [0.2, 0.25) is 0 Å². The van der Waals surface area contributed by atoms with E-state index in [1.807, 2.05) is 33.8 Å². The maximum atomic E-state index is 12.0. The highest BCUT2D eigenvalue weighted by atomic mass is 16.6. The highest BCUT2D eigenvalue weighted by Crippen LogP contribution is 2.33. The van der Waals surface area contributed by atoms with E-state index in [2.05, 4.69) is 0 Å². The molecule has 114 valence electrons. The van der Waals surface area contributed by atoms with Gasteiger partial charge in [-0.2, -0.15) is 0 Å². The maximum Gasteiger partial charge on any atom is 0.410 e. The number of carbonyl (C=O) groups excluding carboxylic acids is 1. The van der Waals surface area contributed by atoms with E-state index in [1.165, 1.54) is 0 Å². The van der Waals surface area contributed by atoms with Gasteiger partial charge in [-0.1, -0.05) is 18.2 Å². The van der Waals surface area contributed by atoms with Crippen LogP contribution < -0.4 is 0 Å². The molecule has 1 aliphatic heterocycles. The molecule has 0 bridgehead atoms. The molecule has 21 heavy (non-hydrogen) atoms. The summed E-state index contributed by atoms with van der Waals surface area (Å²) in [5.74, 6) is -0.942. The Kier molecular flexibility index (Phi) is 3.94. The summed E-state index contributed by atoms with van der Waals surface area (Å²) in [5.41, 5.74) is 0.511. The molecule has 0 aromatic heterocycles. The Morgan fingerprint density at radius 2 is 1.90 bits per heavy atom. The molecule has 2 rings (SSSR count). The molecule has 1 saturated heterocycles. The van der Waals surface area contributed by atoms with Crippen molar-refractivity contribution >= 4 is 12.1 Å². The van der Waals surface area contributed by atoms with Crippen LogP contribution >= 0.6 is 0 Å². The predicted octanol–water partition coefficient (Wildman–Crippen LogP) is 2.94. The summed E-state index contributed by atoms with van der Waals surface area (Å²) in [6.07, 6.45) is 0.191. The Balaban J connectivity index is 2.06. The van der Waals surface area contributed by atoms with Gasteiger partial charge in [0.1, 0.15) is 5.60 Å². The minimum Gasteiger partial charge on any atom is -0.478 e. The first kappa shape index (κ1) is 15.4. The summed E-state index contributed by atoms with van der Waals surface area (Å²) >= 11 is 0. The zero-order chi connectivity index (χ0) is 15.8. The average molecular weight is 291 g/mol. The zero-order valence-electron chi connectivity index (χ0n) is 12.8. The van der Waals surface area contributed by atoms with Crippen LogP contribution in [0.5, 0.6) is 0 Å². The molecule has 2 atom stereocenters. The number of benzene rings is 1. The highest BCUT2D eigenvalue weighted by molar-refractivity contribution is 5.89. The molecule has 1 amide bonds. The van der Waals surface area contributed by atoms with Gasteiger partial charge in [0.25, 0.3) is 0 Å². The molecule has 0 radical (unpaired) electrons. The van der Waals surface area contributed by atoms with Crippen molar-refractivity contribution in [2.24, 2.45) is 0 Å². The van der Waals surface area contributed by atoms with Crippen LogP contribution in [0.25, 0.3) is 0 Å². The fourth-order valence-corrected chi connectivity index (χ4v) is 2.43. The van der Waals surface area contributed by atoms with Crippen LogP contribution in [0.1, 0.15) is 43.6 Å². The number of hydrogen-bond acceptors (Lipinski definition) is 3. The molecule has 1 aromatic rings. The zero-order valence-corrected chi connectivity index (χ0v) is 12.8. The third-order valence-electron chi connectivity index (χ3n) is 3.54. The van der Waals surface area contributed by atoms with Crippen LogP contribution in [0.3, 0.4) is 0 Å². The number of carboxylic acid groups (broad SMARTS) is 1. The fraction of sp³-hybridized carbons (Fsp3) is 0.500. The third-order valence-corrected chi connectivity index (χ3v) is 3.54. The van der Waals surface area contributed by atoms with E-state index in [4.69, 9.17) is 4.74 Å². The predicted molar refractivity (Wildman–Crippen MR) is 78.4 cm³/mol. The Labute approximate surface area is 124 Å². The number of carboxylic acids is 1. The first-order chi connectivity index (χ1) is 9.70. The van der Waals surface area contributed by atoms with Gasteiger partial charge in [0.05, 0.1) is 17.6 Å². The minimum absolute atomic E-state index is 0.000324. The molecular formula is C16H21NO4. The molecule has 0 saturated carbocycles. The quantitative estimate of drug-likeness (QED) is 0.869. The number of hydrogen-bond donors (Lipinski definition) is 1. The standard InChI is InChI=1S/C16H21NO4/c1-10-13(17(10)15(20)21-16(2,3)4)9-11-7-5-6-8-12(11)14(18)19/h5-8,10,13H,9H2,1-4H3,(H,18,19)/t10-,13+,17?/m1/s1. The maximum absolute atomic E-state index is 12.0. The van der Waals surface area contributed by atoms with Gasteiger partial charge in [0.15, 0.2) is 0 Å². The summed E-state index contributed by atoms with van der Waals surface area (Å²) in [7, 11) is 0. The fourth-order valence-electron chi connectivity index (χ4n) is 2.43. The van der Waals surface area contributed by atoms with E-state index in [-0.39, 0.29) is 18.2 Å². The van der Waals surface area contributed by atoms with E-state index < -0.39 is 11.6 Å². The van der Waals surface area contributed by atoms with Crippen LogP contribution in [0.2, 0.25) is 0 Å². The molecule has 0 unspecified atom stereocenters. The van der Waals surface area contributed by atoms with Gasteiger partial charge in [-0.15, -0.1) is 0 Å². The molecule has 5 nitrogen and oxygen atoms in total. The lowest BCUT2D eigenvalue weighted by Crippen LogP contribution is -2.28. The highest BCUT2D eigenvalue weighted by Gasteiger charge is 2.49. The van der Waals surface area contributed by atoms with Crippen molar-refractivity contribution in [2.45, 2.75) is 51.8 Å². The summed E-state index contributed by atoms with van der Waals surface area (Å²) < 4.78 is 5.35. The first-order valence-electron chi connectivity index (χ1n) is 7.03. The first-order valence-corrected chi connectivity index (χ1v) is 7.03. The Hall–Kier alpha value is -2.04. The molecule has 1 aromatic carbocycles. The van der Waals surface area contributed by atoms with Gasteiger partial charge >= 0.3 is 12.1 Å². The van der Waals surface area contributed by atoms with E-state index in [0.29, 0.717) is 12.0 Å². The van der Waals surface area contributed by atoms with Gasteiger partial charge < -0.3 is 9.84 Å². The minimum atomic E-state index is -0.942. The average Bonchev–Trinajstić information content (AvgIpc) is 2.98. The lowest BCUT2D eigenvalue weighted by molar-refractivity contribution is 0.0395. The van der Waals surface area contributed by atoms with Crippen molar-refractivity contribution < 1.29 is 19.4 Å². The van der Waals surface area contributed by atoms with Crippen LogP contribution in [-0.2, 0) is 11.2 Å². The van der Waals surface area contributed by atoms with Crippen LogP contribution in [0, 0.1) is 0 Å². The van der Waals surface area contributed by atoms with Gasteiger partial charge in [-0.3, -0.25) is 4.90 Å². The number of rotatable bonds is 3. The number of ether oxygens (including phenoxy) is 1. The van der Waals surface area contributed by atoms with E-state index in [0.717, 1.165) is 5.56 Å². The largest absolute Gasteiger partial charge is 0.478 e. The number of carbonyl (C=O) groups is 2. The van der Waals surface area contributed by atoms with E-state index in [9.17, 15) is 14.7 Å². The molecular weight excluding hydrogens is 270 g/mol.